The monoisotopic (exact) mass is 373 g/mol. The quantitative estimate of drug-likeness (QED) is 0.734. The van der Waals surface area contributed by atoms with E-state index in [9.17, 15) is 15.0 Å². The van der Waals surface area contributed by atoms with Crippen LogP contribution in [0.25, 0.3) is 0 Å². The first-order chi connectivity index (χ1) is 12.7. The lowest BCUT2D eigenvalue weighted by Crippen LogP contribution is -2.62. The topological polar surface area (TPSA) is 70.0 Å². The number of hydrogen-bond donors (Lipinski definition) is 2. The Morgan fingerprint density at radius 2 is 2.00 bits per heavy atom. The molecule has 148 valence electrons. The normalized spacial score (nSPS) is 53.6. The van der Waals surface area contributed by atoms with Crippen LogP contribution in [0.5, 0.6) is 0 Å². The molecule has 8 atom stereocenters. The number of likely N-dealkylation sites (N-methyl/N-ethyl adjacent to an activating group) is 1. The van der Waals surface area contributed by atoms with Gasteiger partial charge in [0.1, 0.15) is 11.9 Å². The average Bonchev–Trinajstić information content (AvgIpc) is 3.10. The molecule has 0 aromatic carbocycles. The van der Waals surface area contributed by atoms with Gasteiger partial charge in [0.25, 0.3) is 0 Å². The molecule has 2 aliphatic heterocycles. The SMILES string of the molecule is CC1C=C2C=C3C(O)C(O)C(N(C)C)CC34CCC2(O4)C2CCC(=O)[C@@]12C. The van der Waals surface area contributed by atoms with Crippen LogP contribution in [0.15, 0.2) is 23.3 Å². The molecule has 2 heterocycles. The lowest BCUT2D eigenvalue weighted by Gasteiger charge is -2.56. The molecule has 3 fully saturated rings. The third-order valence-electron chi connectivity index (χ3n) is 8.77. The van der Waals surface area contributed by atoms with Crippen LogP contribution in [0.1, 0.15) is 46.0 Å². The van der Waals surface area contributed by atoms with E-state index >= 15 is 0 Å². The highest BCUT2D eigenvalue weighted by Gasteiger charge is 2.69. The fourth-order valence-corrected chi connectivity index (χ4v) is 7.03. The molecule has 27 heavy (non-hydrogen) atoms. The second-order valence-electron chi connectivity index (χ2n) is 9.96. The summed E-state index contributed by atoms with van der Waals surface area (Å²) in [4.78, 5) is 14.8. The van der Waals surface area contributed by atoms with Crippen molar-refractivity contribution >= 4 is 5.78 Å². The summed E-state index contributed by atoms with van der Waals surface area (Å²) in [5.41, 5.74) is 0.694. The Morgan fingerprint density at radius 3 is 2.70 bits per heavy atom. The maximum absolute atomic E-state index is 12.8. The van der Waals surface area contributed by atoms with E-state index in [-0.39, 0.29) is 23.3 Å². The first kappa shape index (κ1) is 18.0. The summed E-state index contributed by atoms with van der Waals surface area (Å²) in [5, 5.41) is 21.6. The Morgan fingerprint density at radius 1 is 1.26 bits per heavy atom. The third kappa shape index (κ3) is 1.96. The summed E-state index contributed by atoms with van der Waals surface area (Å²) < 4.78 is 6.97. The minimum Gasteiger partial charge on any atom is -0.388 e. The van der Waals surface area contributed by atoms with Crippen molar-refractivity contribution in [3.63, 3.8) is 0 Å². The van der Waals surface area contributed by atoms with Crippen molar-refractivity contribution in [1.29, 1.82) is 0 Å². The highest BCUT2D eigenvalue weighted by Crippen LogP contribution is 2.66. The van der Waals surface area contributed by atoms with E-state index < -0.39 is 23.4 Å². The predicted octanol–water partition coefficient (Wildman–Crippen LogP) is 1.83. The molecule has 2 saturated carbocycles. The third-order valence-corrected chi connectivity index (χ3v) is 8.77. The number of Topliss-reactive ketones (excluding diaryl/α,β-unsaturated/α-hetero) is 1. The van der Waals surface area contributed by atoms with Crippen molar-refractivity contribution in [1.82, 2.24) is 4.90 Å². The van der Waals surface area contributed by atoms with Gasteiger partial charge in [-0.15, -0.1) is 0 Å². The van der Waals surface area contributed by atoms with E-state index in [1.807, 2.05) is 19.0 Å². The van der Waals surface area contributed by atoms with Crippen LogP contribution in [0.2, 0.25) is 0 Å². The van der Waals surface area contributed by atoms with E-state index in [4.69, 9.17) is 4.74 Å². The van der Waals surface area contributed by atoms with E-state index in [1.54, 1.807) is 0 Å². The second kappa shape index (κ2) is 5.32. The molecule has 0 amide bonds. The molecule has 5 heteroatoms. The van der Waals surface area contributed by atoms with Crippen molar-refractivity contribution in [3.8, 4) is 0 Å². The molecule has 5 rings (SSSR count). The van der Waals surface area contributed by atoms with Gasteiger partial charge in [0, 0.05) is 23.8 Å². The molecule has 5 aliphatic rings. The molecular weight excluding hydrogens is 342 g/mol. The van der Waals surface area contributed by atoms with Gasteiger partial charge in [-0.25, -0.2) is 0 Å². The van der Waals surface area contributed by atoms with Crippen molar-refractivity contribution < 1.29 is 19.7 Å². The molecule has 7 unspecified atom stereocenters. The molecule has 0 radical (unpaired) electrons. The largest absolute Gasteiger partial charge is 0.388 e. The van der Waals surface area contributed by atoms with Crippen molar-refractivity contribution in [2.24, 2.45) is 17.3 Å². The Balaban J connectivity index is 1.66. The van der Waals surface area contributed by atoms with Gasteiger partial charge in [-0.2, -0.15) is 0 Å². The van der Waals surface area contributed by atoms with Crippen LogP contribution in [0.4, 0.5) is 0 Å². The van der Waals surface area contributed by atoms with Gasteiger partial charge in [0.2, 0.25) is 0 Å². The zero-order valence-electron chi connectivity index (χ0n) is 16.7. The number of ketones is 1. The minimum atomic E-state index is -0.906. The molecule has 2 N–H and O–H groups in total. The van der Waals surface area contributed by atoms with Crippen molar-refractivity contribution in [3.05, 3.63) is 23.3 Å². The Bertz CT molecular complexity index is 772. The van der Waals surface area contributed by atoms with Gasteiger partial charge in [-0.05, 0) is 56.8 Å². The van der Waals surface area contributed by atoms with Crippen LogP contribution < -0.4 is 0 Å². The van der Waals surface area contributed by atoms with Gasteiger partial charge >= 0.3 is 0 Å². The highest BCUT2D eigenvalue weighted by atomic mass is 16.5. The lowest BCUT2D eigenvalue weighted by molar-refractivity contribution is -0.171. The van der Waals surface area contributed by atoms with Crippen molar-refractivity contribution in [2.45, 2.75) is 75.4 Å². The average molecular weight is 373 g/mol. The predicted molar refractivity (Wildman–Crippen MR) is 101 cm³/mol. The van der Waals surface area contributed by atoms with Crippen LogP contribution in [-0.2, 0) is 9.53 Å². The summed E-state index contributed by atoms with van der Waals surface area (Å²) in [7, 11) is 3.89. The molecule has 1 saturated heterocycles. The summed E-state index contributed by atoms with van der Waals surface area (Å²) in [6.07, 6.45) is 6.56. The highest BCUT2D eigenvalue weighted by molar-refractivity contribution is 5.88. The van der Waals surface area contributed by atoms with Crippen LogP contribution in [0, 0.1) is 17.3 Å². The Hall–Kier alpha value is -1.01. The Kier molecular flexibility index (Phi) is 3.56. The van der Waals surface area contributed by atoms with Gasteiger partial charge in [-0.1, -0.05) is 26.0 Å². The molecule has 0 aromatic rings. The molecule has 2 bridgehead atoms. The number of nitrogens with zero attached hydrogens (tertiary/aromatic N) is 1. The zero-order chi connectivity index (χ0) is 19.4. The summed E-state index contributed by atoms with van der Waals surface area (Å²) >= 11 is 0. The first-order valence-electron chi connectivity index (χ1n) is 10.4. The second-order valence-corrected chi connectivity index (χ2v) is 9.96. The first-order valence-corrected chi connectivity index (χ1v) is 10.4. The van der Waals surface area contributed by atoms with Gasteiger partial charge in [-0.3, -0.25) is 4.79 Å². The number of ether oxygens (including phenoxy) is 1. The smallest absolute Gasteiger partial charge is 0.139 e. The number of carbonyl (C=O) groups is 1. The summed E-state index contributed by atoms with van der Waals surface area (Å²) in [6, 6.07) is -0.142. The number of allylic oxidation sites excluding steroid dienone is 1. The van der Waals surface area contributed by atoms with Crippen LogP contribution in [0.3, 0.4) is 0 Å². The maximum atomic E-state index is 12.8. The molecule has 2 spiro atoms. The van der Waals surface area contributed by atoms with Crippen molar-refractivity contribution in [2.75, 3.05) is 14.1 Å². The Labute approximate surface area is 161 Å². The van der Waals surface area contributed by atoms with Crippen LogP contribution in [-0.4, -0.2) is 64.4 Å². The fourth-order valence-electron chi connectivity index (χ4n) is 7.03. The molecule has 0 aromatic heterocycles. The van der Waals surface area contributed by atoms with Crippen LogP contribution >= 0.6 is 0 Å². The molecule has 5 nitrogen and oxygen atoms in total. The number of carbonyl (C=O) groups excluding carboxylic acids is 1. The van der Waals surface area contributed by atoms with E-state index in [0.29, 0.717) is 18.6 Å². The van der Waals surface area contributed by atoms with E-state index in [0.717, 1.165) is 30.4 Å². The molecule has 3 aliphatic carbocycles. The standard InChI is InChI=1S/C22H31NO4/c1-12-9-13-10-14-18(25)19(26)15(23(3)4)11-21(14)7-8-22(13,27-21)16-5-6-17(24)20(12,16)2/h9-10,12,15-16,18-19,25-26H,5-8,11H2,1-4H3/t12?,15?,16?,18?,19?,20-,21?,22?/m0/s1. The number of rotatable bonds is 1. The summed E-state index contributed by atoms with van der Waals surface area (Å²) in [5.74, 6) is 0.729. The van der Waals surface area contributed by atoms with Gasteiger partial charge in [0.15, 0.2) is 0 Å². The molecular formula is C22H31NO4. The number of aliphatic hydroxyl groups is 2. The minimum absolute atomic E-state index is 0.142. The lowest BCUT2D eigenvalue weighted by atomic mass is 9.57. The summed E-state index contributed by atoms with van der Waals surface area (Å²) in [6.45, 7) is 4.27. The fraction of sp³-hybridized carbons (Fsp3) is 0.773. The number of fused-ring (bicyclic) bond motifs is 1. The number of aliphatic hydroxyl groups excluding tert-OH is 2. The zero-order valence-corrected chi connectivity index (χ0v) is 16.7. The van der Waals surface area contributed by atoms with E-state index in [2.05, 4.69) is 26.0 Å². The van der Waals surface area contributed by atoms with Gasteiger partial charge in [0.05, 0.1) is 17.3 Å². The van der Waals surface area contributed by atoms with Gasteiger partial charge < -0.3 is 19.8 Å². The maximum Gasteiger partial charge on any atom is 0.139 e. The van der Waals surface area contributed by atoms with E-state index in [1.165, 1.54) is 0 Å². The number of hydrogen-bond acceptors (Lipinski definition) is 5.